The van der Waals surface area contributed by atoms with E-state index in [4.69, 9.17) is 0 Å². The van der Waals surface area contributed by atoms with Crippen molar-refractivity contribution < 1.29 is 0 Å². The highest BCUT2D eigenvalue weighted by Gasteiger charge is 2.17. The van der Waals surface area contributed by atoms with Crippen molar-refractivity contribution in [3.63, 3.8) is 0 Å². The van der Waals surface area contributed by atoms with Crippen molar-refractivity contribution in [1.82, 2.24) is 20.4 Å². The maximum Gasteiger partial charge on any atom is 0.191 e. The average molecular weight is 340 g/mol. The van der Waals surface area contributed by atoms with E-state index in [9.17, 15) is 0 Å². The quantitative estimate of drug-likeness (QED) is 0.551. The van der Waals surface area contributed by atoms with Crippen molar-refractivity contribution in [2.75, 3.05) is 53.4 Å². The Kier molecular flexibility index (Phi) is 9.06. The number of nitrogens with zero attached hydrogens (tertiary/aromatic N) is 3. The molecule has 0 aliphatic carbocycles. The molecule has 2 atom stereocenters. The molecule has 0 bridgehead atoms. The first-order valence-electron chi connectivity index (χ1n) is 9.57. The number of hydrogen-bond donors (Lipinski definition) is 2. The predicted octanol–water partition coefficient (Wildman–Crippen LogP) is 2.25. The summed E-state index contributed by atoms with van der Waals surface area (Å²) in [6, 6.07) is 0.448. The second-order valence-corrected chi connectivity index (χ2v) is 8.81. The number of aliphatic imine (C=N–C) groups is 1. The third-order valence-corrected chi connectivity index (χ3v) is 4.72. The summed E-state index contributed by atoms with van der Waals surface area (Å²) < 4.78 is 0. The van der Waals surface area contributed by atoms with Crippen LogP contribution >= 0.6 is 0 Å². The van der Waals surface area contributed by atoms with Gasteiger partial charge in [0.05, 0.1) is 0 Å². The first kappa shape index (κ1) is 21.2. The molecule has 0 aromatic carbocycles. The van der Waals surface area contributed by atoms with Gasteiger partial charge < -0.3 is 20.4 Å². The van der Waals surface area contributed by atoms with Gasteiger partial charge in [0.15, 0.2) is 5.96 Å². The van der Waals surface area contributed by atoms with Crippen LogP contribution in [0, 0.1) is 11.3 Å². The van der Waals surface area contributed by atoms with Gasteiger partial charge in [-0.05, 0) is 38.1 Å². The van der Waals surface area contributed by atoms with Gasteiger partial charge in [0.1, 0.15) is 0 Å². The van der Waals surface area contributed by atoms with Crippen LogP contribution in [0.5, 0.6) is 0 Å². The minimum Gasteiger partial charge on any atom is -0.356 e. The van der Waals surface area contributed by atoms with Gasteiger partial charge in [-0.2, -0.15) is 0 Å². The Bertz CT molecular complexity index is 366. The molecular weight excluding hydrogens is 298 g/mol. The summed E-state index contributed by atoms with van der Waals surface area (Å²) in [4.78, 5) is 9.36. The van der Waals surface area contributed by atoms with Crippen LogP contribution in [0.1, 0.15) is 47.5 Å². The van der Waals surface area contributed by atoms with Crippen LogP contribution < -0.4 is 10.6 Å². The van der Waals surface area contributed by atoms with E-state index in [1.165, 1.54) is 39.0 Å². The van der Waals surface area contributed by atoms with E-state index in [0.717, 1.165) is 19.0 Å². The number of hydrogen-bond acceptors (Lipinski definition) is 3. The van der Waals surface area contributed by atoms with E-state index >= 15 is 0 Å². The van der Waals surface area contributed by atoms with E-state index in [2.05, 4.69) is 67.1 Å². The Balaban J connectivity index is 2.25. The fraction of sp³-hybridized carbons (Fsp3) is 0.947. The third kappa shape index (κ3) is 9.48. The van der Waals surface area contributed by atoms with Gasteiger partial charge in [0.2, 0.25) is 0 Å². The summed E-state index contributed by atoms with van der Waals surface area (Å²) in [5, 5.41) is 7.02. The largest absolute Gasteiger partial charge is 0.356 e. The number of nitrogens with one attached hydrogen (secondary N) is 2. The van der Waals surface area contributed by atoms with Crippen LogP contribution in [0.3, 0.4) is 0 Å². The van der Waals surface area contributed by atoms with Crippen LogP contribution in [0.15, 0.2) is 4.99 Å². The van der Waals surface area contributed by atoms with Crippen LogP contribution in [-0.4, -0.2) is 75.2 Å². The molecule has 5 nitrogen and oxygen atoms in total. The smallest absolute Gasteiger partial charge is 0.191 e. The van der Waals surface area contributed by atoms with Crippen LogP contribution in [0.2, 0.25) is 0 Å². The van der Waals surface area contributed by atoms with Gasteiger partial charge >= 0.3 is 0 Å². The number of likely N-dealkylation sites (N-methyl/N-ethyl adjacent to an activating group) is 1. The van der Waals surface area contributed by atoms with Gasteiger partial charge in [-0.15, -0.1) is 0 Å². The predicted molar refractivity (Wildman–Crippen MR) is 106 cm³/mol. The second kappa shape index (κ2) is 10.2. The van der Waals surface area contributed by atoms with Crippen molar-refractivity contribution in [3.05, 3.63) is 0 Å². The monoisotopic (exact) mass is 339 g/mol. The highest BCUT2D eigenvalue weighted by Crippen LogP contribution is 2.21. The summed E-state index contributed by atoms with van der Waals surface area (Å²) in [6.07, 6.45) is 2.39. The van der Waals surface area contributed by atoms with Gasteiger partial charge in [-0.1, -0.05) is 27.7 Å². The molecule has 24 heavy (non-hydrogen) atoms. The van der Waals surface area contributed by atoms with Crippen molar-refractivity contribution in [2.24, 2.45) is 16.3 Å². The maximum atomic E-state index is 4.38. The topological polar surface area (TPSA) is 42.9 Å². The molecule has 0 aromatic heterocycles. The Morgan fingerprint density at radius 1 is 1.12 bits per heavy atom. The molecule has 1 fully saturated rings. The summed E-state index contributed by atoms with van der Waals surface area (Å²) >= 11 is 0. The Labute approximate surface area is 150 Å². The number of piperazine rings is 1. The lowest BCUT2D eigenvalue weighted by molar-refractivity contribution is 0.139. The number of rotatable bonds is 7. The molecular formula is C19H41N5. The summed E-state index contributed by atoms with van der Waals surface area (Å²) in [5.74, 6) is 1.55. The molecule has 2 unspecified atom stereocenters. The Hall–Kier alpha value is -0.810. The Morgan fingerprint density at radius 2 is 1.75 bits per heavy atom. The molecule has 1 aliphatic heterocycles. The molecule has 1 heterocycles. The minimum absolute atomic E-state index is 0.393. The van der Waals surface area contributed by atoms with Gasteiger partial charge in [0.25, 0.3) is 0 Å². The molecule has 1 rings (SSSR count). The lowest BCUT2D eigenvalue weighted by atomic mass is 9.89. The van der Waals surface area contributed by atoms with Crippen molar-refractivity contribution in [3.8, 4) is 0 Å². The fourth-order valence-electron chi connectivity index (χ4n) is 2.96. The van der Waals surface area contributed by atoms with E-state index in [1.54, 1.807) is 0 Å². The van der Waals surface area contributed by atoms with E-state index < -0.39 is 0 Å². The highest BCUT2D eigenvalue weighted by atomic mass is 15.2. The fourth-order valence-corrected chi connectivity index (χ4v) is 2.96. The molecule has 1 aliphatic rings. The van der Waals surface area contributed by atoms with Gasteiger partial charge in [-0.3, -0.25) is 4.99 Å². The first-order valence-corrected chi connectivity index (χ1v) is 9.57. The van der Waals surface area contributed by atoms with Gasteiger partial charge in [0, 0.05) is 52.4 Å². The maximum absolute atomic E-state index is 4.38. The van der Waals surface area contributed by atoms with E-state index in [-0.39, 0.29) is 0 Å². The zero-order chi connectivity index (χ0) is 18.2. The Morgan fingerprint density at radius 3 is 2.29 bits per heavy atom. The molecule has 2 N–H and O–H groups in total. The summed E-state index contributed by atoms with van der Waals surface area (Å²) in [7, 11) is 4.07. The normalized spacial score (nSPS) is 20.7. The molecule has 0 saturated carbocycles. The summed E-state index contributed by atoms with van der Waals surface area (Å²) in [5.41, 5.74) is 0.393. The minimum atomic E-state index is 0.393. The van der Waals surface area contributed by atoms with Crippen LogP contribution in [0.4, 0.5) is 0 Å². The lowest BCUT2D eigenvalue weighted by Gasteiger charge is -2.34. The standard InChI is InChI=1S/C19H41N5/c1-16(15-24-12-10-23(7)11-13-24)14-21-18(20-6)22-17(2)8-9-19(3,4)5/h16-17H,8-15H2,1-7H3,(H2,20,21,22). The zero-order valence-electron chi connectivity index (χ0n) is 17.2. The average Bonchev–Trinajstić information content (AvgIpc) is 2.51. The van der Waals surface area contributed by atoms with Crippen molar-refractivity contribution in [1.29, 1.82) is 0 Å². The van der Waals surface area contributed by atoms with Gasteiger partial charge in [-0.25, -0.2) is 0 Å². The highest BCUT2D eigenvalue weighted by molar-refractivity contribution is 5.79. The molecule has 0 spiro atoms. The van der Waals surface area contributed by atoms with E-state index in [1.807, 2.05) is 7.05 Å². The molecule has 0 radical (unpaired) electrons. The molecule has 0 aromatic rings. The third-order valence-electron chi connectivity index (χ3n) is 4.72. The van der Waals surface area contributed by atoms with Crippen LogP contribution in [-0.2, 0) is 0 Å². The zero-order valence-corrected chi connectivity index (χ0v) is 17.2. The molecule has 0 amide bonds. The summed E-state index contributed by atoms with van der Waals surface area (Å²) in [6.45, 7) is 18.4. The molecule has 5 heteroatoms. The first-order chi connectivity index (χ1) is 11.2. The van der Waals surface area contributed by atoms with Crippen LogP contribution in [0.25, 0.3) is 0 Å². The van der Waals surface area contributed by atoms with Crippen molar-refractivity contribution >= 4 is 5.96 Å². The van der Waals surface area contributed by atoms with Crippen molar-refractivity contribution in [2.45, 2.75) is 53.5 Å². The molecule has 142 valence electrons. The lowest BCUT2D eigenvalue weighted by Crippen LogP contribution is -2.48. The second-order valence-electron chi connectivity index (χ2n) is 8.81. The number of guanidine groups is 1. The molecule has 1 saturated heterocycles. The van der Waals surface area contributed by atoms with E-state index in [0.29, 0.717) is 17.4 Å². The SMILES string of the molecule is CN=C(NCC(C)CN1CCN(C)CC1)NC(C)CCC(C)(C)C.